The Morgan fingerprint density at radius 3 is 2.45 bits per heavy atom. The quantitative estimate of drug-likeness (QED) is 0.764. The molecule has 2 nitrogen and oxygen atoms in total. The standard InChI is InChI=1S/C17H15ClO2/c1-11-8-12(2-3-14(11)10-19)13-4-7-17(16(18)9-13)20-15-5-6-15/h2-4,7-10,15H,5-6H2,1H3. The number of hydrogen-bond donors (Lipinski definition) is 0. The molecule has 2 aromatic carbocycles. The minimum atomic E-state index is 0.340. The van der Waals surface area contributed by atoms with Crippen LogP contribution in [0, 0.1) is 6.92 Å². The first-order chi connectivity index (χ1) is 9.67. The maximum absolute atomic E-state index is 10.8. The van der Waals surface area contributed by atoms with E-state index in [4.69, 9.17) is 16.3 Å². The van der Waals surface area contributed by atoms with Gasteiger partial charge >= 0.3 is 0 Å². The number of aldehydes is 1. The number of carbonyl (C=O) groups is 1. The third-order valence-electron chi connectivity index (χ3n) is 3.48. The first kappa shape index (κ1) is 13.2. The van der Waals surface area contributed by atoms with Gasteiger partial charge in [-0.1, -0.05) is 35.9 Å². The van der Waals surface area contributed by atoms with Crippen molar-refractivity contribution >= 4 is 17.9 Å². The van der Waals surface area contributed by atoms with Gasteiger partial charge < -0.3 is 4.74 Å². The van der Waals surface area contributed by atoms with Gasteiger partial charge in [0.2, 0.25) is 0 Å². The molecule has 3 rings (SSSR count). The van der Waals surface area contributed by atoms with E-state index in [9.17, 15) is 4.79 Å². The van der Waals surface area contributed by atoms with Gasteiger partial charge in [0, 0.05) is 5.56 Å². The van der Waals surface area contributed by atoms with Gasteiger partial charge in [-0.05, 0) is 48.6 Å². The predicted molar refractivity (Wildman–Crippen MR) is 80.7 cm³/mol. The fourth-order valence-corrected chi connectivity index (χ4v) is 2.35. The van der Waals surface area contributed by atoms with E-state index in [1.165, 1.54) is 0 Å². The normalized spacial score (nSPS) is 14.1. The van der Waals surface area contributed by atoms with Crippen LogP contribution in [-0.2, 0) is 0 Å². The summed E-state index contributed by atoms with van der Waals surface area (Å²) in [5.41, 5.74) is 3.76. The van der Waals surface area contributed by atoms with Crippen molar-refractivity contribution in [2.45, 2.75) is 25.9 Å². The highest BCUT2D eigenvalue weighted by Crippen LogP contribution is 2.35. The summed E-state index contributed by atoms with van der Waals surface area (Å²) in [6.07, 6.45) is 3.44. The van der Waals surface area contributed by atoms with E-state index < -0.39 is 0 Å². The molecule has 0 aromatic heterocycles. The van der Waals surface area contributed by atoms with E-state index in [-0.39, 0.29) is 0 Å². The summed E-state index contributed by atoms with van der Waals surface area (Å²) in [7, 11) is 0. The Labute approximate surface area is 123 Å². The molecule has 0 bridgehead atoms. The fourth-order valence-electron chi connectivity index (χ4n) is 2.13. The molecule has 1 aliphatic carbocycles. The molecule has 0 spiro atoms. The van der Waals surface area contributed by atoms with Gasteiger partial charge in [0.1, 0.15) is 12.0 Å². The highest BCUT2D eigenvalue weighted by Gasteiger charge is 2.24. The SMILES string of the molecule is Cc1cc(-c2ccc(OC3CC3)c(Cl)c2)ccc1C=O. The monoisotopic (exact) mass is 286 g/mol. The highest BCUT2D eigenvalue weighted by molar-refractivity contribution is 6.32. The number of carbonyl (C=O) groups excluding carboxylic acids is 1. The average molecular weight is 287 g/mol. The zero-order chi connectivity index (χ0) is 14.1. The number of halogens is 1. The van der Waals surface area contributed by atoms with Crippen molar-refractivity contribution in [3.05, 3.63) is 52.5 Å². The fraction of sp³-hybridized carbons (Fsp3) is 0.235. The average Bonchev–Trinajstić information content (AvgIpc) is 3.25. The Hall–Kier alpha value is -1.80. The molecular formula is C17H15ClO2. The molecule has 102 valence electrons. The van der Waals surface area contributed by atoms with Crippen LogP contribution in [0.2, 0.25) is 5.02 Å². The maximum Gasteiger partial charge on any atom is 0.150 e. The molecule has 0 aliphatic heterocycles. The summed E-state index contributed by atoms with van der Waals surface area (Å²) in [5.74, 6) is 0.749. The number of hydrogen-bond acceptors (Lipinski definition) is 2. The topological polar surface area (TPSA) is 26.3 Å². The minimum absolute atomic E-state index is 0.340. The molecule has 0 radical (unpaired) electrons. The maximum atomic E-state index is 10.8. The van der Waals surface area contributed by atoms with Gasteiger partial charge in [-0.25, -0.2) is 0 Å². The van der Waals surface area contributed by atoms with Gasteiger partial charge in [0.15, 0.2) is 0 Å². The van der Waals surface area contributed by atoms with Crippen LogP contribution in [0.3, 0.4) is 0 Å². The van der Waals surface area contributed by atoms with Crippen LogP contribution in [0.5, 0.6) is 5.75 Å². The lowest BCUT2D eigenvalue weighted by Crippen LogP contribution is -1.96. The van der Waals surface area contributed by atoms with Crippen molar-refractivity contribution in [2.75, 3.05) is 0 Å². The highest BCUT2D eigenvalue weighted by atomic mass is 35.5. The first-order valence-electron chi connectivity index (χ1n) is 6.70. The summed E-state index contributed by atoms with van der Waals surface area (Å²) in [6, 6.07) is 11.6. The van der Waals surface area contributed by atoms with E-state index in [1.807, 2.05) is 43.3 Å². The molecule has 1 saturated carbocycles. The molecule has 3 heteroatoms. The summed E-state index contributed by atoms with van der Waals surface area (Å²) < 4.78 is 5.73. The molecule has 2 aromatic rings. The van der Waals surface area contributed by atoms with Gasteiger partial charge in [0.05, 0.1) is 11.1 Å². The minimum Gasteiger partial charge on any atom is -0.489 e. The van der Waals surface area contributed by atoms with Crippen molar-refractivity contribution in [1.82, 2.24) is 0 Å². The van der Waals surface area contributed by atoms with Crippen molar-refractivity contribution < 1.29 is 9.53 Å². The van der Waals surface area contributed by atoms with Gasteiger partial charge in [0.25, 0.3) is 0 Å². The molecule has 0 heterocycles. The largest absolute Gasteiger partial charge is 0.489 e. The van der Waals surface area contributed by atoms with Crippen LogP contribution in [0.4, 0.5) is 0 Å². The Kier molecular flexibility index (Phi) is 3.49. The Morgan fingerprint density at radius 2 is 1.85 bits per heavy atom. The summed E-state index contributed by atoms with van der Waals surface area (Å²) in [4.78, 5) is 10.8. The zero-order valence-electron chi connectivity index (χ0n) is 11.2. The Morgan fingerprint density at radius 1 is 1.15 bits per heavy atom. The van der Waals surface area contributed by atoms with E-state index in [2.05, 4.69) is 0 Å². The van der Waals surface area contributed by atoms with Crippen LogP contribution >= 0.6 is 11.6 Å². The van der Waals surface area contributed by atoms with Crippen molar-refractivity contribution in [2.24, 2.45) is 0 Å². The summed E-state index contributed by atoms with van der Waals surface area (Å²) in [6.45, 7) is 1.93. The van der Waals surface area contributed by atoms with E-state index in [1.54, 1.807) is 0 Å². The molecule has 0 amide bonds. The van der Waals surface area contributed by atoms with E-state index in [0.29, 0.717) is 16.7 Å². The molecule has 0 saturated heterocycles. The number of rotatable bonds is 4. The Balaban J connectivity index is 1.91. The molecule has 1 fully saturated rings. The number of aryl methyl sites for hydroxylation is 1. The van der Waals surface area contributed by atoms with Crippen molar-refractivity contribution in [3.8, 4) is 16.9 Å². The van der Waals surface area contributed by atoms with Crippen LogP contribution in [0.1, 0.15) is 28.8 Å². The third kappa shape index (κ3) is 2.70. The molecule has 0 N–H and O–H groups in total. The van der Waals surface area contributed by atoms with Crippen LogP contribution in [0.15, 0.2) is 36.4 Å². The van der Waals surface area contributed by atoms with Crippen molar-refractivity contribution in [3.63, 3.8) is 0 Å². The summed E-state index contributed by atoms with van der Waals surface area (Å²) in [5, 5.41) is 0.631. The summed E-state index contributed by atoms with van der Waals surface area (Å²) >= 11 is 6.27. The second-order valence-electron chi connectivity index (χ2n) is 5.15. The van der Waals surface area contributed by atoms with E-state index >= 15 is 0 Å². The number of benzene rings is 2. The van der Waals surface area contributed by atoms with Crippen LogP contribution < -0.4 is 4.74 Å². The first-order valence-corrected chi connectivity index (χ1v) is 7.07. The van der Waals surface area contributed by atoms with Crippen molar-refractivity contribution in [1.29, 1.82) is 0 Å². The second kappa shape index (κ2) is 5.29. The van der Waals surface area contributed by atoms with E-state index in [0.717, 1.165) is 41.6 Å². The molecule has 1 aliphatic rings. The molecule has 20 heavy (non-hydrogen) atoms. The Bertz CT molecular complexity index is 660. The second-order valence-corrected chi connectivity index (χ2v) is 5.56. The predicted octanol–water partition coefficient (Wildman–Crippen LogP) is 4.67. The third-order valence-corrected chi connectivity index (χ3v) is 3.78. The van der Waals surface area contributed by atoms with Crippen LogP contribution in [0.25, 0.3) is 11.1 Å². The molecule has 0 unspecified atom stereocenters. The van der Waals surface area contributed by atoms with Crippen LogP contribution in [-0.4, -0.2) is 12.4 Å². The van der Waals surface area contributed by atoms with Gasteiger partial charge in [-0.15, -0.1) is 0 Å². The zero-order valence-corrected chi connectivity index (χ0v) is 12.0. The van der Waals surface area contributed by atoms with Gasteiger partial charge in [-0.3, -0.25) is 4.79 Å². The smallest absolute Gasteiger partial charge is 0.150 e. The lowest BCUT2D eigenvalue weighted by molar-refractivity contribution is 0.112. The van der Waals surface area contributed by atoms with Gasteiger partial charge in [-0.2, -0.15) is 0 Å². The lowest BCUT2D eigenvalue weighted by atomic mass is 10.0. The molecular weight excluding hydrogens is 272 g/mol. The molecule has 0 atom stereocenters. The number of ether oxygens (including phenoxy) is 1. The lowest BCUT2D eigenvalue weighted by Gasteiger charge is -2.10.